The smallest absolute Gasteiger partial charge is 0.423 e. The molecule has 1 heterocycles. The summed E-state index contributed by atoms with van der Waals surface area (Å²) in [7, 11) is -1.45. The fourth-order valence-electron chi connectivity index (χ4n) is 2.79. The fourth-order valence-corrected chi connectivity index (χ4v) is 4.04. The predicted molar refractivity (Wildman–Crippen MR) is 86.7 cm³/mol. The zero-order valence-corrected chi connectivity index (χ0v) is 11.4. The lowest BCUT2D eigenvalue weighted by Crippen LogP contribution is -2.29. The third-order valence-corrected chi connectivity index (χ3v) is 4.90. The van der Waals surface area contributed by atoms with Crippen molar-refractivity contribution in [1.82, 2.24) is 0 Å². The van der Waals surface area contributed by atoms with Gasteiger partial charge in [0.25, 0.3) is 0 Å². The monoisotopic (exact) mass is 278 g/mol. The third kappa shape index (κ3) is 1.59. The van der Waals surface area contributed by atoms with E-state index in [2.05, 4.69) is 18.2 Å². The van der Waals surface area contributed by atoms with Crippen molar-refractivity contribution in [2.75, 3.05) is 0 Å². The zero-order valence-electron chi connectivity index (χ0n) is 10.6. The van der Waals surface area contributed by atoms with Crippen LogP contribution in [0.4, 0.5) is 0 Å². The summed E-state index contributed by atoms with van der Waals surface area (Å²) in [6.45, 7) is 0. The van der Waals surface area contributed by atoms with Crippen molar-refractivity contribution < 1.29 is 10.0 Å². The highest BCUT2D eigenvalue weighted by atomic mass is 32.1. The Morgan fingerprint density at radius 1 is 0.850 bits per heavy atom. The van der Waals surface area contributed by atoms with Crippen LogP contribution in [-0.4, -0.2) is 17.2 Å². The molecular formula is C16H11BO2S. The van der Waals surface area contributed by atoms with Gasteiger partial charge in [0.15, 0.2) is 0 Å². The minimum atomic E-state index is -1.45. The Kier molecular flexibility index (Phi) is 2.57. The van der Waals surface area contributed by atoms with Crippen LogP contribution < -0.4 is 5.46 Å². The van der Waals surface area contributed by atoms with Crippen LogP contribution in [0.2, 0.25) is 0 Å². The number of rotatable bonds is 1. The normalized spacial score (nSPS) is 11.5. The summed E-state index contributed by atoms with van der Waals surface area (Å²) in [6.07, 6.45) is 0. The predicted octanol–water partition coefficient (Wildman–Crippen LogP) is 2.89. The molecule has 3 aromatic carbocycles. The molecule has 20 heavy (non-hydrogen) atoms. The van der Waals surface area contributed by atoms with Crippen LogP contribution in [0.25, 0.3) is 30.9 Å². The van der Waals surface area contributed by atoms with Crippen molar-refractivity contribution in [3.05, 3.63) is 54.6 Å². The summed E-state index contributed by atoms with van der Waals surface area (Å²) in [5.74, 6) is 0. The number of thiophene rings is 1. The first-order chi connectivity index (χ1) is 9.75. The van der Waals surface area contributed by atoms with Gasteiger partial charge in [-0.2, -0.15) is 0 Å². The zero-order chi connectivity index (χ0) is 13.7. The Bertz CT molecular complexity index is 943. The Hall–Kier alpha value is -1.88. The molecule has 4 heteroatoms. The van der Waals surface area contributed by atoms with E-state index in [9.17, 15) is 10.0 Å². The van der Waals surface area contributed by atoms with Crippen LogP contribution in [0.5, 0.6) is 0 Å². The van der Waals surface area contributed by atoms with E-state index >= 15 is 0 Å². The first kappa shape index (κ1) is 11.9. The molecule has 4 aromatic rings. The van der Waals surface area contributed by atoms with Gasteiger partial charge in [-0.25, -0.2) is 0 Å². The second kappa shape index (κ2) is 4.31. The molecule has 2 N–H and O–H groups in total. The van der Waals surface area contributed by atoms with Gasteiger partial charge in [-0.05, 0) is 16.8 Å². The van der Waals surface area contributed by atoms with Crippen molar-refractivity contribution >= 4 is 54.9 Å². The first-order valence-corrected chi connectivity index (χ1v) is 7.26. The van der Waals surface area contributed by atoms with Gasteiger partial charge in [-0.3, -0.25) is 0 Å². The number of hydrogen-bond donors (Lipinski definition) is 2. The summed E-state index contributed by atoms with van der Waals surface area (Å²) < 4.78 is 2.13. The molecule has 0 aliphatic rings. The summed E-state index contributed by atoms with van der Waals surface area (Å²) >= 11 is 1.61. The summed E-state index contributed by atoms with van der Waals surface area (Å²) in [5.41, 5.74) is 0.583. The van der Waals surface area contributed by atoms with Gasteiger partial charge in [0, 0.05) is 25.6 Å². The van der Waals surface area contributed by atoms with Crippen molar-refractivity contribution in [1.29, 1.82) is 0 Å². The van der Waals surface area contributed by atoms with Gasteiger partial charge in [-0.1, -0.05) is 48.5 Å². The summed E-state index contributed by atoms with van der Waals surface area (Å²) in [6, 6.07) is 18.1. The minimum Gasteiger partial charge on any atom is -0.423 e. The highest BCUT2D eigenvalue weighted by molar-refractivity contribution is 7.27. The van der Waals surface area contributed by atoms with Gasteiger partial charge in [0.1, 0.15) is 0 Å². The highest BCUT2D eigenvalue weighted by Gasteiger charge is 2.19. The molecular weight excluding hydrogens is 267 g/mol. The maximum Gasteiger partial charge on any atom is 0.489 e. The molecule has 0 spiro atoms. The average molecular weight is 278 g/mol. The van der Waals surface area contributed by atoms with Crippen molar-refractivity contribution in [2.45, 2.75) is 0 Å². The van der Waals surface area contributed by atoms with Crippen LogP contribution >= 0.6 is 11.3 Å². The van der Waals surface area contributed by atoms with E-state index in [0.717, 1.165) is 20.9 Å². The van der Waals surface area contributed by atoms with Crippen LogP contribution in [0.15, 0.2) is 54.6 Å². The molecule has 96 valence electrons. The van der Waals surface area contributed by atoms with Crippen LogP contribution in [0.3, 0.4) is 0 Å². The standard InChI is InChI=1S/C16H11BO2S/c18-17(19)13-9-10-5-1-2-6-11(10)15-12-7-3-4-8-14(12)20-16(13)15/h1-9,18-19H. The molecule has 0 aliphatic heterocycles. The van der Waals surface area contributed by atoms with Gasteiger partial charge >= 0.3 is 7.12 Å². The Labute approximate surface area is 120 Å². The molecule has 0 amide bonds. The number of fused-ring (bicyclic) bond motifs is 5. The van der Waals surface area contributed by atoms with Crippen molar-refractivity contribution in [3.8, 4) is 0 Å². The molecule has 1 aromatic heterocycles. The third-order valence-electron chi connectivity index (χ3n) is 3.68. The van der Waals surface area contributed by atoms with Gasteiger partial charge in [0.2, 0.25) is 0 Å². The molecule has 0 saturated heterocycles. The fraction of sp³-hybridized carbons (Fsp3) is 0. The van der Waals surface area contributed by atoms with Crippen LogP contribution in [-0.2, 0) is 0 Å². The Balaban J connectivity index is 2.34. The van der Waals surface area contributed by atoms with E-state index in [1.807, 2.05) is 36.4 Å². The molecule has 0 fully saturated rings. The molecule has 0 radical (unpaired) electrons. The molecule has 0 aliphatic carbocycles. The molecule has 0 bridgehead atoms. The molecule has 0 atom stereocenters. The second-order valence-electron chi connectivity index (χ2n) is 4.86. The average Bonchev–Trinajstić information content (AvgIpc) is 2.85. The lowest BCUT2D eigenvalue weighted by molar-refractivity contribution is 0.426. The SMILES string of the molecule is OB(O)c1cc2ccccc2c2c1sc1ccccc12. The lowest BCUT2D eigenvalue weighted by atomic mass is 9.78. The van der Waals surface area contributed by atoms with E-state index in [0.29, 0.717) is 5.46 Å². The minimum absolute atomic E-state index is 0.583. The molecule has 4 rings (SSSR count). The van der Waals surface area contributed by atoms with Gasteiger partial charge < -0.3 is 10.0 Å². The summed E-state index contributed by atoms with van der Waals surface area (Å²) in [5, 5.41) is 23.8. The molecule has 0 unspecified atom stereocenters. The second-order valence-corrected chi connectivity index (χ2v) is 5.92. The lowest BCUT2D eigenvalue weighted by Gasteiger charge is -2.06. The highest BCUT2D eigenvalue weighted by Crippen LogP contribution is 2.37. The van der Waals surface area contributed by atoms with E-state index in [1.165, 1.54) is 10.1 Å². The van der Waals surface area contributed by atoms with E-state index < -0.39 is 7.12 Å². The Morgan fingerprint density at radius 2 is 1.55 bits per heavy atom. The maximum atomic E-state index is 9.67. The van der Waals surface area contributed by atoms with Crippen molar-refractivity contribution in [3.63, 3.8) is 0 Å². The molecule has 0 saturated carbocycles. The van der Waals surface area contributed by atoms with Crippen LogP contribution in [0.1, 0.15) is 0 Å². The van der Waals surface area contributed by atoms with Gasteiger partial charge in [-0.15, -0.1) is 11.3 Å². The van der Waals surface area contributed by atoms with Crippen LogP contribution in [0, 0.1) is 0 Å². The Morgan fingerprint density at radius 3 is 2.35 bits per heavy atom. The number of benzene rings is 3. The molecule has 2 nitrogen and oxygen atoms in total. The maximum absolute atomic E-state index is 9.67. The van der Waals surface area contributed by atoms with E-state index in [1.54, 1.807) is 11.3 Å². The van der Waals surface area contributed by atoms with E-state index in [4.69, 9.17) is 0 Å². The largest absolute Gasteiger partial charge is 0.489 e. The topological polar surface area (TPSA) is 40.5 Å². The quantitative estimate of drug-likeness (QED) is 0.526. The van der Waals surface area contributed by atoms with E-state index in [-0.39, 0.29) is 0 Å². The van der Waals surface area contributed by atoms with Gasteiger partial charge in [0.05, 0.1) is 0 Å². The number of hydrogen-bond acceptors (Lipinski definition) is 3. The first-order valence-electron chi connectivity index (χ1n) is 6.45. The summed E-state index contributed by atoms with van der Waals surface area (Å²) in [4.78, 5) is 0. The van der Waals surface area contributed by atoms with Crippen molar-refractivity contribution in [2.24, 2.45) is 0 Å².